The molecule has 0 N–H and O–H groups in total. The molecule has 2 fully saturated rings. The molecule has 0 saturated carbocycles. The lowest BCUT2D eigenvalue weighted by Crippen LogP contribution is -2.47. The van der Waals surface area contributed by atoms with Crippen molar-refractivity contribution >= 4 is 16.5 Å². The summed E-state index contributed by atoms with van der Waals surface area (Å²) in [5.41, 5.74) is 2.26. The lowest BCUT2D eigenvalue weighted by molar-refractivity contribution is 0.141. The van der Waals surface area contributed by atoms with Crippen LogP contribution in [-0.2, 0) is 0 Å². The molecular formula is C13H22N4S. The number of nitrogens with zero attached hydrogens (tertiary/aromatic N) is 4. The molecule has 1 aromatic heterocycles. The largest absolute Gasteiger partial charge is 0.345 e. The van der Waals surface area contributed by atoms with Crippen molar-refractivity contribution in [2.75, 3.05) is 31.1 Å². The molecule has 0 aromatic carbocycles. The summed E-state index contributed by atoms with van der Waals surface area (Å²) in [7, 11) is 0. The molecule has 5 heteroatoms. The zero-order valence-electron chi connectivity index (χ0n) is 11.3. The number of rotatable bonds is 3. The first-order valence-electron chi connectivity index (χ1n) is 6.96. The van der Waals surface area contributed by atoms with E-state index in [0.717, 1.165) is 24.1 Å². The Hall–Kier alpha value is -0.680. The Balaban J connectivity index is 1.72. The van der Waals surface area contributed by atoms with Gasteiger partial charge >= 0.3 is 0 Å². The minimum absolute atomic E-state index is 0.427. The summed E-state index contributed by atoms with van der Waals surface area (Å²) < 4.78 is 0. The molecule has 0 bridgehead atoms. The maximum absolute atomic E-state index is 4.21. The molecule has 1 spiro atoms. The molecule has 2 aliphatic rings. The van der Waals surface area contributed by atoms with Crippen LogP contribution >= 0.6 is 11.3 Å². The van der Waals surface area contributed by atoms with Crippen LogP contribution in [0.1, 0.15) is 33.1 Å². The van der Waals surface area contributed by atoms with Crippen molar-refractivity contribution in [3.8, 4) is 0 Å². The summed E-state index contributed by atoms with van der Waals surface area (Å²) in [5.74, 6) is 0.760. The van der Waals surface area contributed by atoms with Gasteiger partial charge in [0.05, 0.1) is 0 Å². The molecule has 3 heterocycles. The molecular weight excluding hydrogens is 244 g/mol. The van der Waals surface area contributed by atoms with Gasteiger partial charge in [-0.25, -0.2) is 0 Å². The second-order valence-electron chi connectivity index (χ2n) is 6.06. The lowest BCUT2D eigenvalue weighted by Gasteiger charge is -2.36. The van der Waals surface area contributed by atoms with Crippen LogP contribution in [-0.4, -0.2) is 46.8 Å². The summed E-state index contributed by atoms with van der Waals surface area (Å²) in [6, 6.07) is 0. The first-order chi connectivity index (χ1) is 8.70. The van der Waals surface area contributed by atoms with Crippen LogP contribution in [0.25, 0.3) is 0 Å². The molecule has 100 valence electrons. The Labute approximate surface area is 113 Å². The molecule has 3 rings (SSSR count). The van der Waals surface area contributed by atoms with Crippen LogP contribution in [0.3, 0.4) is 0 Å². The maximum Gasteiger partial charge on any atom is 0.208 e. The quantitative estimate of drug-likeness (QED) is 0.840. The third-order valence-corrected chi connectivity index (χ3v) is 5.03. The van der Waals surface area contributed by atoms with E-state index in [1.54, 1.807) is 11.3 Å². The second kappa shape index (κ2) is 4.78. The molecule has 0 aliphatic carbocycles. The summed E-state index contributed by atoms with van der Waals surface area (Å²) in [4.78, 5) is 5.16. The Kier molecular flexibility index (Phi) is 3.28. The Morgan fingerprint density at radius 1 is 1.39 bits per heavy atom. The molecule has 1 unspecified atom stereocenters. The van der Waals surface area contributed by atoms with Crippen molar-refractivity contribution in [1.29, 1.82) is 0 Å². The van der Waals surface area contributed by atoms with Gasteiger partial charge in [-0.05, 0) is 31.7 Å². The normalized spacial score (nSPS) is 28.9. The summed E-state index contributed by atoms with van der Waals surface area (Å²) in [5, 5.41) is 9.28. The van der Waals surface area contributed by atoms with Gasteiger partial charge in [0.1, 0.15) is 5.51 Å². The van der Waals surface area contributed by atoms with E-state index in [4.69, 9.17) is 0 Å². The molecule has 1 aromatic rings. The van der Waals surface area contributed by atoms with Crippen molar-refractivity contribution in [1.82, 2.24) is 15.1 Å². The van der Waals surface area contributed by atoms with E-state index < -0.39 is 0 Å². The second-order valence-corrected chi connectivity index (χ2v) is 6.87. The van der Waals surface area contributed by atoms with Crippen LogP contribution in [0.2, 0.25) is 0 Å². The molecule has 0 radical (unpaired) electrons. The summed E-state index contributed by atoms with van der Waals surface area (Å²) in [6.07, 6.45) is 4.00. The van der Waals surface area contributed by atoms with E-state index in [-0.39, 0.29) is 0 Å². The van der Waals surface area contributed by atoms with E-state index in [1.165, 1.54) is 32.4 Å². The minimum Gasteiger partial charge on any atom is -0.345 e. The standard InChI is InChI=1S/C13H22N4S/c1-11(2)8-17-6-3-4-13(17)5-7-16(9-13)12-15-14-10-18-12/h10-11H,3-9H2,1-2H3. The molecule has 4 nitrogen and oxygen atoms in total. The van der Waals surface area contributed by atoms with Crippen LogP contribution < -0.4 is 4.90 Å². The topological polar surface area (TPSA) is 32.3 Å². The number of hydrogen-bond acceptors (Lipinski definition) is 5. The first-order valence-corrected chi connectivity index (χ1v) is 7.84. The van der Waals surface area contributed by atoms with Gasteiger partial charge in [-0.2, -0.15) is 0 Å². The summed E-state index contributed by atoms with van der Waals surface area (Å²) in [6.45, 7) is 9.46. The zero-order valence-corrected chi connectivity index (χ0v) is 12.1. The van der Waals surface area contributed by atoms with Gasteiger partial charge in [0.25, 0.3) is 0 Å². The van der Waals surface area contributed by atoms with Crippen LogP contribution in [0.4, 0.5) is 5.13 Å². The van der Waals surface area contributed by atoms with Gasteiger partial charge in [-0.3, -0.25) is 4.90 Å². The molecule has 2 saturated heterocycles. The van der Waals surface area contributed by atoms with Gasteiger partial charge in [-0.15, -0.1) is 10.2 Å². The van der Waals surface area contributed by atoms with Gasteiger partial charge < -0.3 is 4.90 Å². The average molecular weight is 266 g/mol. The van der Waals surface area contributed by atoms with Crippen molar-refractivity contribution in [3.05, 3.63) is 5.51 Å². The van der Waals surface area contributed by atoms with Gasteiger partial charge in [0, 0.05) is 25.2 Å². The van der Waals surface area contributed by atoms with Crippen molar-refractivity contribution in [2.24, 2.45) is 5.92 Å². The predicted octanol–water partition coefficient (Wildman–Crippen LogP) is 2.24. The highest BCUT2D eigenvalue weighted by Gasteiger charge is 2.46. The Morgan fingerprint density at radius 2 is 2.28 bits per heavy atom. The Bertz CT molecular complexity index is 392. The maximum atomic E-state index is 4.21. The van der Waals surface area contributed by atoms with Gasteiger partial charge in [0.15, 0.2) is 0 Å². The van der Waals surface area contributed by atoms with E-state index in [2.05, 4.69) is 33.8 Å². The van der Waals surface area contributed by atoms with E-state index in [1.807, 2.05) is 5.51 Å². The highest BCUT2D eigenvalue weighted by Crippen LogP contribution is 2.39. The predicted molar refractivity (Wildman–Crippen MR) is 75.1 cm³/mol. The van der Waals surface area contributed by atoms with Crippen molar-refractivity contribution < 1.29 is 0 Å². The zero-order chi connectivity index (χ0) is 12.6. The number of anilines is 1. The fourth-order valence-corrected chi connectivity index (χ4v) is 4.09. The smallest absolute Gasteiger partial charge is 0.208 e. The summed E-state index contributed by atoms with van der Waals surface area (Å²) >= 11 is 1.66. The number of hydrogen-bond donors (Lipinski definition) is 0. The third kappa shape index (κ3) is 2.14. The van der Waals surface area contributed by atoms with E-state index >= 15 is 0 Å². The van der Waals surface area contributed by atoms with Crippen LogP contribution in [0.5, 0.6) is 0 Å². The number of likely N-dealkylation sites (tertiary alicyclic amines) is 1. The Morgan fingerprint density at radius 3 is 3.00 bits per heavy atom. The fourth-order valence-electron chi connectivity index (χ4n) is 3.51. The first kappa shape index (κ1) is 12.4. The van der Waals surface area contributed by atoms with Crippen LogP contribution in [0.15, 0.2) is 5.51 Å². The van der Waals surface area contributed by atoms with Gasteiger partial charge in [0.2, 0.25) is 5.13 Å². The number of aromatic nitrogens is 2. The van der Waals surface area contributed by atoms with Crippen molar-refractivity contribution in [2.45, 2.75) is 38.6 Å². The fraction of sp³-hybridized carbons (Fsp3) is 0.846. The van der Waals surface area contributed by atoms with E-state index in [9.17, 15) is 0 Å². The highest BCUT2D eigenvalue weighted by atomic mass is 32.1. The molecule has 18 heavy (non-hydrogen) atoms. The lowest BCUT2D eigenvalue weighted by atomic mass is 9.94. The molecule has 1 atom stereocenters. The third-order valence-electron chi connectivity index (χ3n) is 4.28. The average Bonchev–Trinajstić information content (AvgIpc) is 3.03. The molecule has 0 amide bonds. The van der Waals surface area contributed by atoms with E-state index in [0.29, 0.717) is 5.54 Å². The monoisotopic (exact) mass is 266 g/mol. The highest BCUT2D eigenvalue weighted by molar-refractivity contribution is 7.13. The molecule has 2 aliphatic heterocycles. The SMILES string of the molecule is CC(C)CN1CCCC12CCN(c1nncs1)C2. The minimum atomic E-state index is 0.427. The van der Waals surface area contributed by atoms with Gasteiger partial charge in [-0.1, -0.05) is 25.2 Å². The van der Waals surface area contributed by atoms with Crippen molar-refractivity contribution in [3.63, 3.8) is 0 Å². The van der Waals surface area contributed by atoms with Crippen LogP contribution in [0, 0.1) is 5.92 Å².